The molecule has 0 saturated carbocycles. The number of hydrazone groups is 1. The Bertz CT molecular complexity index is 884. The standard InChI is InChI=1S/C20H22BrN3O5/c1-3-29-15-6-4-14(5-7-15)23-18(25)8-9-19(26)24-22-12-13-10-16(21)20(27)17(11-13)28-2/h4-7,10-12,27H,3,8-9H2,1-2H3,(H,23,25)(H,24,26)/b22-12+. The lowest BCUT2D eigenvalue weighted by Crippen LogP contribution is -2.20. The minimum Gasteiger partial charge on any atom is -0.503 e. The fourth-order valence-corrected chi connectivity index (χ4v) is 2.77. The van der Waals surface area contributed by atoms with Crippen molar-refractivity contribution in [1.29, 1.82) is 0 Å². The van der Waals surface area contributed by atoms with E-state index in [4.69, 9.17) is 9.47 Å². The smallest absolute Gasteiger partial charge is 0.240 e. The predicted molar refractivity (Wildman–Crippen MR) is 114 cm³/mol. The van der Waals surface area contributed by atoms with Gasteiger partial charge in [0.25, 0.3) is 0 Å². The first-order valence-electron chi connectivity index (χ1n) is 8.84. The summed E-state index contributed by atoms with van der Waals surface area (Å²) in [5.41, 5.74) is 3.60. The molecule has 0 fully saturated rings. The van der Waals surface area contributed by atoms with Gasteiger partial charge < -0.3 is 19.9 Å². The van der Waals surface area contributed by atoms with E-state index in [9.17, 15) is 14.7 Å². The number of hydrogen-bond donors (Lipinski definition) is 3. The molecule has 2 aromatic carbocycles. The number of carbonyl (C=O) groups excluding carboxylic acids is 2. The summed E-state index contributed by atoms with van der Waals surface area (Å²) < 4.78 is 10.8. The summed E-state index contributed by atoms with van der Waals surface area (Å²) >= 11 is 3.21. The highest BCUT2D eigenvalue weighted by atomic mass is 79.9. The third kappa shape index (κ3) is 7.11. The number of anilines is 1. The van der Waals surface area contributed by atoms with Gasteiger partial charge in [-0.1, -0.05) is 0 Å². The molecule has 3 N–H and O–H groups in total. The second-order valence-electron chi connectivity index (χ2n) is 5.85. The van der Waals surface area contributed by atoms with Gasteiger partial charge in [-0.2, -0.15) is 5.10 Å². The third-order valence-electron chi connectivity index (χ3n) is 3.70. The van der Waals surface area contributed by atoms with E-state index in [2.05, 4.69) is 31.8 Å². The van der Waals surface area contributed by atoms with Crippen molar-refractivity contribution in [2.75, 3.05) is 19.0 Å². The Morgan fingerprint density at radius 2 is 1.86 bits per heavy atom. The van der Waals surface area contributed by atoms with Crippen LogP contribution in [0.2, 0.25) is 0 Å². The van der Waals surface area contributed by atoms with Gasteiger partial charge in [-0.3, -0.25) is 9.59 Å². The fourth-order valence-electron chi connectivity index (χ4n) is 2.31. The van der Waals surface area contributed by atoms with Crippen molar-refractivity contribution in [2.24, 2.45) is 5.10 Å². The molecule has 9 heteroatoms. The monoisotopic (exact) mass is 463 g/mol. The molecule has 0 aromatic heterocycles. The number of benzene rings is 2. The van der Waals surface area contributed by atoms with Crippen LogP contribution in [0.25, 0.3) is 0 Å². The predicted octanol–water partition coefficient (Wildman–Crippen LogP) is 3.43. The molecule has 0 aliphatic heterocycles. The van der Waals surface area contributed by atoms with E-state index in [1.807, 2.05) is 6.92 Å². The molecule has 0 aliphatic carbocycles. The van der Waals surface area contributed by atoms with E-state index >= 15 is 0 Å². The van der Waals surface area contributed by atoms with Gasteiger partial charge in [0.2, 0.25) is 11.8 Å². The van der Waals surface area contributed by atoms with E-state index in [1.165, 1.54) is 13.3 Å². The van der Waals surface area contributed by atoms with E-state index in [0.717, 1.165) is 5.75 Å². The topological polar surface area (TPSA) is 109 Å². The molecule has 2 aromatic rings. The van der Waals surface area contributed by atoms with Gasteiger partial charge in [-0.25, -0.2) is 5.43 Å². The largest absolute Gasteiger partial charge is 0.503 e. The zero-order valence-electron chi connectivity index (χ0n) is 16.1. The number of phenols is 1. The number of amides is 2. The van der Waals surface area contributed by atoms with Crippen molar-refractivity contribution in [3.8, 4) is 17.2 Å². The zero-order valence-corrected chi connectivity index (χ0v) is 17.7. The quantitative estimate of drug-likeness (QED) is 0.389. The van der Waals surface area contributed by atoms with Crippen molar-refractivity contribution in [2.45, 2.75) is 19.8 Å². The number of ether oxygens (including phenoxy) is 2. The van der Waals surface area contributed by atoms with Crippen LogP contribution < -0.4 is 20.2 Å². The molecule has 0 unspecified atom stereocenters. The fraction of sp³-hybridized carbons (Fsp3) is 0.250. The average molecular weight is 464 g/mol. The maximum absolute atomic E-state index is 12.0. The molecule has 29 heavy (non-hydrogen) atoms. The van der Waals surface area contributed by atoms with Crippen LogP contribution in [0.1, 0.15) is 25.3 Å². The van der Waals surface area contributed by atoms with Gasteiger partial charge in [-0.15, -0.1) is 0 Å². The number of nitrogens with zero attached hydrogens (tertiary/aromatic N) is 1. The van der Waals surface area contributed by atoms with Crippen LogP contribution in [0.5, 0.6) is 17.2 Å². The summed E-state index contributed by atoms with van der Waals surface area (Å²) in [6.45, 7) is 2.46. The molecule has 0 spiro atoms. The number of halogens is 1. The number of aromatic hydroxyl groups is 1. The molecule has 0 atom stereocenters. The van der Waals surface area contributed by atoms with Crippen LogP contribution in [0.4, 0.5) is 5.69 Å². The first-order chi connectivity index (χ1) is 13.9. The molecule has 154 valence electrons. The Morgan fingerprint density at radius 3 is 2.52 bits per heavy atom. The maximum atomic E-state index is 12.0. The Hall–Kier alpha value is -3.07. The Morgan fingerprint density at radius 1 is 1.17 bits per heavy atom. The number of carbonyl (C=O) groups is 2. The highest BCUT2D eigenvalue weighted by Crippen LogP contribution is 2.34. The summed E-state index contributed by atoms with van der Waals surface area (Å²) in [5.74, 6) is 0.305. The van der Waals surface area contributed by atoms with Gasteiger partial charge in [-0.05, 0) is 64.8 Å². The van der Waals surface area contributed by atoms with Crippen LogP contribution in [-0.4, -0.2) is 36.9 Å². The van der Waals surface area contributed by atoms with Crippen LogP contribution in [0.3, 0.4) is 0 Å². The SMILES string of the molecule is CCOc1ccc(NC(=O)CCC(=O)N/N=C/c2cc(Br)c(O)c(OC)c2)cc1. The van der Waals surface area contributed by atoms with Crippen LogP contribution in [0.15, 0.2) is 46.0 Å². The number of phenolic OH excluding ortho intramolecular Hbond substituents is 1. The van der Waals surface area contributed by atoms with Gasteiger partial charge in [0, 0.05) is 18.5 Å². The Balaban J connectivity index is 1.78. The number of methoxy groups -OCH3 is 1. The second-order valence-corrected chi connectivity index (χ2v) is 6.71. The molecular weight excluding hydrogens is 442 g/mol. The Labute approximate surface area is 177 Å². The van der Waals surface area contributed by atoms with Crippen molar-refractivity contribution in [3.63, 3.8) is 0 Å². The lowest BCUT2D eigenvalue weighted by atomic mass is 10.2. The first kappa shape index (κ1) is 22.2. The van der Waals surface area contributed by atoms with Crippen molar-refractivity contribution >= 4 is 39.6 Å². The van der Waals surface area contributed by atoms with E-state index in [-0.39, 0.29) is 30.2 Å². The summed E-state index contributed by atoms with van der Waals surface area (Å²) in [6.07, 6.45) is 1.42. The normalized spacial score (nSPS) is 10.6. The lowest BCUT2D eigenvalue weighted by Gasteiger charge is -2.07. The molecule has 0 radical (unpaired) electrons. The second kappa shape index (κ2) is 11.1. The highest BCUT2D eigenvalue weighted by Gasteiger charge is 2.09. The van der Waals surface area contributed by atoms with E-state index in [0.29, 0.717) is 22.3 Å². The molecule has 2 amide bonds. The van der Waals surface area contributed by atoms with Gasteiger partial charge in [0.1, 0.15) is 5.75 Å². The third-order valence-corrected chi connectivity index (χ3v) is 4.31. The first-order valence-corrected chi connectivity index (χ1v) is 9.63. The van der Waals surface area contributed by atoms with Crippen LogP contribution in [-0.2, 0) is 9.59 Å². The van der Waals surface area contributed by atoms with Crippen molar-refractivity contribution in [3.05, 3.63) is 46.4 Å². The minimum absolute atomic E-state index is 0.0111. The molecule has 8 nitrogen and oxygen atoms in total. The summed E-state index contributed by atoms with van der Waals surface area (Å²) in [4.78, 5) is 23.8. The average Bonchev–Trinajstić information content (AvgIpc) is 2.70. The zero-order chi connectivity index (χ0) is 21.2. The van der Waals surface area contributed by atoms with Gasteiger partial charge in [0.05, 0.1) is 24.4 Å². The number of nitrogens with one attached hydrogen (secondary N) is 2. The van der Waals surface area contributed by atoms with Crippen LogP contribution in [0, 0.1) is 0 Å². The molecule has 0 heterocycles. The lowest BCUT2D eigenvalue weighted by molar-refractivity contribution is -0.124. The maximum Gasteiger partial charge on any atom is 0.240 e. The molecule has 2 rings (SSSR count). The minimum atomic E-state index is -0.395. The molecule has 0 aliphatic rings. The Kier molecular flexibility index (Phi) is 8.47. The van der Waals surface area contributed by atoms with Crippen molar-refractivity contribution < 1.29 is 24.2 Å². The van der Waals surface area contributed by atoms with Crippen LogP contribution >= 0.6 is 15.9 Å². The molecular formula is C20H22BrN3O5. The van der Waals surface area contributed by atoms with E-state index in [1.54, 1.807) is 36.4 Å². The highest BCUT2D eigenvalue weighted by molar-refractivity contribution is 9.10. The molecule has 0 bridgehead atoms. The van der Waals surface area contributed by atoms with Crippen molar-refractivity contribution in [1.82, 2.24) is 5.43 Å². The van der Waals surface area contributed by atoms with Gasteiger partial charge in [0.15, 0.2) is 11.5 Å². The number of rotatable bonds is 9. The molecule has 0 saturated heterocycles. The number of hydrogen-bond acceptors (Lipinski definition) is 6. The summed E-state index contributed by atoms with van der Waals surface area (Å²) in [6, 6.07) is 10.2. The van der Waals surface area contributed by atoms with E-state index < -0.39 is 5.91 Å². The summed E-state index contributed by atoms with van der Waals surface area (Å²) in [5, 5.41) is 16.3. The summed E-state index contributed by atoms with van der Waals surface area (Å²) in [7, 11) is 1.43. The van der Waals surface area contributed by atoms with Gasteiger partial charge >= 0.3 is 0 Å².